The number of rotatable bonds is 9. The third-order valence-corrected chi connectivity index (χ3v) is 3.44. The lowest BCUT2D eigenvalue weighted by atomic mass is 10.4. The van der Waals surface area contributed by atoms with Gasteiger partial charge in [0.05, 0.1) is 26.0 Å². The van der Waals surface area contributed by atoms with E-state index in [1.165, 1.54) is 12.1 Å². The average Bonchev–Trinajstić information content (AvgIpc) is 2.37. The van der Waals surface area contributed by atoms with Crippen LogP contribution in [0.25, 0.3) is 0 Å². The van der Waals surface area contributed by atoms with E-state index in [0.717, 1.165) is 6.20 Å². The van der Waals surface area contributed by atoms with Crippen molar-refractivity contribution in [2.24, 2.45) is 0 Å². The maximum atomic E-state index is 11.0. The van der Waals surface area contributed by atoms with Crippen molar-refractivity contribution < 1.29 is 22.6 Å². The van der Waals surface area contributed by atoms with Crippen molar-refractivity contribution in [3.05, 3.63) is 18.3 Å². The Labute approximate surface area is 117 Å². The zero-order chi connectivity index (χ0) is 14.1. The summed E-state index contributed by atoms with van der Waals surface area (Å²) in [5.74, 6) is 0.348. The van der Waals surface area contributed by atoms with Crippen LogP contribution in [0.4, 0.5) is 0 Å². The fourth-order valence-corrected chi connectivity index (χ4v) is 1.86. The second kappa shape index (κ2) is 8.31. The van der Waals surface area contributed by atoms with E-state index in [4.69, 9.17) is 24.9 Å². The quantitative estimate of drug-likeness (QED) is 0.507. The van der Waals surface area contributed by atoms with E-state index in [2.05, 4.69) is 4.98 Å². The van der Waals surface area contributed by atoms with Crippen molar-refractivity contribution in [2.75, 3.05) is 33.5 Å². The second-order valence-electron chi connectivity index (χ2n) is 3.58. The number of halogens is 1. The summed E-state index contributed by atoms with van der Waals surface area (Å²) in [7, 11) is 3.04. The normalized spacial score (nSPS) is 11.5. The van der Waals surface area contributed by atoms with Gasteiger partial charge in [-0.2, -0.15) is 0 Å². The molecule has 0 atom stereocenters. The number of ether oxygens (including phenoxy) is 3. The van der Waals surface area contributed by atoms with E-state index in [0.29, 0.717) is 38.7 Å². The molecule has 108 valence electrons. The fraction of sp³-hybridized carbons (Fsp3) is 0.545. The number of aromatic nitrogens is 1. The number of nitrogens with zero attached hydrogens (tertiary/aromatic N) is 1. The third kappa shape index (κ3) is 6.72. The summed E-state index contributed by atoms with van der Waals surface area (Å²) in [6, 6.07) is 2.81. The highest BCUT2D eigenvalue weighted by molar-refractivity contribution is 8.13. The van der Waals surface area contributed by atoms with Crippen LogP contribution in [0.1, 0.15) is 6.42 Å². The average molecular weight is 310 g/mol. The lowest BCUT2D eigenvalue weighted by molar-refractivity contribution is 0.0642. The molecule has 1 rings (SSSR count). The highest BCUT2D eigenvalue weighted by Gasteiger charge is 2.10. The zero-order valence-electron chi connectivity index (χ0n) is 10.5. The summed E-state index contributed by atoms with van der Waals surface area (Å²) in [6.45, 7) is 2.12. The first-order valence-electron chi connectivity index (χ1n) is 5.64. The third-order valence-electron chi connectivity index (χ3n) is 2.11. The monoisotopic (exact) mass is 309 g/mol. The van der Waals surface area contributed by atoms with Crippen LogP contribution in [0, 0.1) is 0 Å². The molecule has 0 unspecified atom stereocenters. The number of methoxy groups -OCH3 is 1. The van der Waals surface area contributed by atoms with E-state index in [1.54, 1.807) is 7.11 Å². The van der Waals surface area contributed by atoms with Crippen molar-refractivity contribution >= 4 is 19.7 Å². The van der Waals surface area contributed by atoms with Crippen LogP contribution in [0.2, 0.25) is 0 Å². The first-order valence-corrected chi connectivity index (χ1v) is 7.95. The van der Waals surface area contributed by atoms with Crippen LogP contribution < -0.4 is 4.74 Å². The summed E-state index contributed by atoms with van der Waals surface area (Å²) < 4.78 is 37.4. The molecule has 0 aliphatic rings. The molecule has 0 amide bonds. The fourth-order valence-electron chi connectivity index (χ4n) is 1.18. The van der Waals surface area contributed by atoms with Gasteiger partial charge >= 0.3 is 0 Å². The molecule has 8 heteroatoms. The zero-order valence-corrected chi connectivity index (χ0v) is 12.1. The molecule has 0 aliphatic heterocycles. The highest BCUT2D eigenvalue weighted by atomic mass is 35.7. The van der Waals surface area contributed by atoms with Crippen LogP contribution in [0.5, 0.6) is 5.88 Å². The molecular formula is C11H16ClNO5S. The Balaban J connectivity index is 2.23. The van der Waals surface area contributed by atoms with E-state index >= 15 is 0 Å². The van der Waals surface area contributed by atoms with Gasteiger partial charge in [0.2, 0.25) is 5.88 Å². The van der Waals surface area contributed by atoms with Crippen molar-refractivity contribution in [2.45, 2.75) is 11.3 Å². The Bertz CT molecular complexity index is 462. The molecule has 0 saturated carbocycles. The molecule has 0 bridgehead atoms. The Morgan fingerprint density at radius 3 is 2.58 bits per heavy atom. The first-order chi connectivity index (χ1) is 9.04. The van der Waals surface area contributed by atoms with Gasteiger partial charge in [-0.15, -0.1) is 0 Å². The maximum absolute atomic E-state index is 11.0. The van der Waals surface area contributed by atoms with Gasteiger partial charge in [-0.05, 0) is 6.07 Å². The lowest BCUT2D eigenvalue weighted by Gasteiger charge is -2.06. The van der Waals surface area contributed by atoms with Crippen molar-refractivity contribution in [3.8, 4) is 5.88 Å². The van der Waals surface area contributed by atoms with Crippen molar-refractivity contribution in [3.63, 3.8) is 0 Å². The van der Waals surface area contributed by atoms with Gasteiger partial charge in [0.25, 0.3) is 9.05 Å². The van der Waals surface area contributed by atoms with Gasteiger partial charge in [0.1, 0.15) is 4.90 Å². The van der Waals surface area contributed by atoms with E-state index in [-0.39, 0.29) is 4.90 Å². The molecular weight excluding hydrogens is 294 g/mol. The summed E-state index contributed by atoms with van der Waals surface area (Å²) in [6.07, 6.45) is 1.87. The minimum atomic E-state index is -3.74. The molecule has 0 aliphatic carbocycles. The van der Waals surface area contributed by atoms with Crippen molar-refractivity contribution in [1.82, 2.24) is 4.98 Å². The predicted octanol–water partition coefficient (Wildman–Crippen LogP) is 1.44. The highest BCUT2D eigenvalue weighted by Crippen LogP contribution is 2.16. The predicted molar refractivity (Wildman–Crippen MR) is 70.1 cm³/mol. The Hall–Kier alpha value is -0.890. The Kier molecular flexibility index (Phi) is 7.07. The molecule has 19 heavy (non-hydrogen) atoms. The maximum Gasteiger partial charge on any atom is 0.262 e. The molecule has 6 nitrogen and oxygen atoms in total. The van der Waals surface area contributed by atoms with E-state index in [9.17, 15) is 8.42 Å². The molecule has 0 radical (unpaired) electrons. The van der Waals surface area contributed by atoms with Crippen LogP contribution in [0.15, 0.2) is 23.2 Å². The van der Waals surface area contributed by atoms with Gasteiger partial charge in [0.15, 0.2) is 0 Å². The van der Waals surface area contributed by atoms with Gasteiger partial charge in [-0.1, -0.05) is 0 Å². The Morgan fingerprint density at radius 1 is 1.21 bits per heavy atom. The van der Waals surface area contributed by atoms with E-state index in [1.807, 2.05) is 0 Å². The van der Waals surface area contributed by atoms with Gasteiger partial charge < -0.3 is 14.2 Å². The van der Waals surface area contributed by atoms with Crippen LogP contribution in [-0.2, 0) is 18.5 Å². The number of pyridine rings is 1. The molecule has 1 aromatic rings. The summed E-state index contributed by atoms with van der Waals surface area (Å²) in [5, 5.41) is 0. The number of hydrogen-bond donors (Lipinski definition) is 0. The molecule has 0 N–H and O–H groups in total. The van der Waals surface area contributed by atoms with E-state index < -0.39 is 9.05 Å². The minimum absolute atomic E-state index is 0.0515. The molecule has 1 aromatic heterocycles. The molecule has 0 aromatic carbocycles. The minimum Gasteiger partial charge on any atom is -0.478 e. The molecule has 0 spiro atoms. The van der Waals surface area contributed by atoms with Crippen molar-refractivity contribution in [1.29, 1.82) is 0 Å². The van der Waals surface area contributed by atoms with Crippen LogP contribution in [-0.4, -0.2) is 46.9 Å². The topological polar surface area (TPSA) is 74.7 Å². The second-order valence-corrected chi connectivity index (χ2v) is 6.14. The summed E-state index contributed by atoms with van der Waals surface area (Å²) in [5.41, 5.74) is 0. The van der Waals surface area contributed by atoms with Gasteiger partial charge in [-0.3, -0.25) is 0 Å². The first kappa shape index (κ1) is 16.2. The SMILES string of the molecule is COCCOCCCOc1ccc(S(=O)(=O)Cl)cn1. The number of hydrogen-bond acceptors (Lipinski definition) is 6. The lowest BCUT2D eigenvalue weighted by Crippen LogP contribution is -2.07. The van der Waals surface area contributed by atoms with Crippen LogP contribution in [0.3, 0.4) is 0 Å². The molecule has 0 saturated heterocycles. The van der Waals surface area contributed by atoms with Gasteiger partial charge in [-0.25, -0.2) is 13.4 Å². The summed E-state index contributed by atoms with van der Waals surface area (Å²) in [4.78, 5) is 3.79. The van der Waals surface area contributed by atoms with Crippen LogP contribution >= 0.6 is 10.7 Å². The Morgan fingerprint density at radius 2 is 2.00 bits per heavy atom. The molecule has 1 heterocycles. The van der Waals surface area contributed by atoms with Gasteiger partial charge in [0, 0.05) is 36.9 Å². The smallest absolute Gasteiger partial charge is 0.262 e. The largest absolute Gasteiger partial charge is 0.478 e. The standard InChI is InChI=1S/C11H16ClNO5S/c1-16-7-8-17-5-2-6-18-11-4-3-10(9-13-11)19(12,14)15/h3-4,9H,2,5-8H2,1H3. The summed E-state index contributed by atoms with van der Waals surface area (Å²) >= 11 is 0. The molecule has 0 fully saturated rings.